The van der Waals surface area contributed by atoms with Gasteiger partial charge in [0.1, 0.15) is 0 Å². The van der Waals surface area contributed by atoms with Crippen LogP contribution in [0, 0.1) is 0 Å². The Kier molecular flexibility index (Phi) is 4.42. The molecule has 1 aliphatic heterocycles. The van der Waals surface area contributed by atoms with Gasteiger partial charge in [0.25, 0.3) is 5.56 Å². The molecule has 116 valence electrons. The first-order chi connectivity index (χ1) is 10.2. The molecule has 2 aliphatic rings. The highest BCUT2D eigenvalue weighted by molar-refractivity contribution is 4.93. The first-order valence-corrected chi connectivity index (χ1v) is 7.82. The molecule has 5 nitrogen and oxygen atoms in total. The Hall–Kier alpha value is -1.17. The Labute approximate surface area is 125 Å². The molecular weight excluding hydrogens is 268 g/mol. The second kappa shape index (κ2) is 6.30. The van der Waals surface area contributed by atoms with Gasteiger partial charge in [0.15, 0.2) is 5.79 Å². The van der Waals surface area contributed by atoms with Gasteiger partial charge in [0.2, 0.25) is 0 Å². The van der Waals surface area contributed by atoms with E-state index in [9.17, 15) is 4.79 Å². The molecule has 1 aromatic rings. The summed E-state index contributed by atoms with van der Waals surface area (Å²) in [5.41, 5.74) is 0.0706. The maximum atomic E-state index is 11.7. The quantitative estimate of drug-likeness (QED) is 0.843. The second-order valence-electron chi connectivity index (χ2n) is 6.05. The van der Waals surface area contributed by atoms with E-state index < -0.39 is 0 Å². The minimum Gasteiger partial charge on any atom is -0.348 e. The van der Waals surface area contributed by atoms with Crippen molar-refractivity contribution in [2.75, 3.05) is 26.8 Å². The van der Waals surface area contributed by atoms with Crippen molar-refractivity contribution in [1.82, 2.24) is 9.47 Å². The Morgan fingerprint density at radius 1 is 1.29 bits per heavy atom. The molecular formula is C16H24N2O3. The largest absolute Gasteiger partial charge is 0.348 e. The summed E-state index contributed by atoms with van der Waals surface area (Å²) in [6, 6.07) is 5.85. The standard InChI is InChI=1S/C16H24N2O3/c1-17(10-11-18-9-3-2-4-15(18)19)14-5-7-16(8-6-14)20-12-13-21-16/h2-4,9,14H,5-8,10-13H2,1H3. The van der Waals surface area contributed by atoms with Crippen LogP contribution < -0.4 is 5.56 Å². The zero-order valence-electron chi connectivity index (χ0n) is 12.7. The van der Waals surface area contributed by atoms with Gasteiger partial charge in [0.05, 0.1) is 13.2 Å². The minimum absolute atomic E-state index is 0.0706. The maximum Gasteiger partial charge on any atom is 0.250 e. The summed E-state index contributed by atoms with van der Waals surface area (Å²) < 4.78 is 13.3. The van der Waals surface area contributed by atoms with Crippen LogP contribution in [-0.2, 0) is 16.0 Å². The van der Waals surface area contributed by atoms with Crippen LogP contribution >= 0.6 is 0 Å². The van der Waals surface area contributed by atoms with E-state index in [1.54, 1.807) is 16.7 Å². The summed E-state index contributed by atoms with van der Waals surface area (Å²) in [5.74, 6) is -0.284. The van der Waals surface area contributed by atoms with Gasteiger partial charge < -0.3 is 18.9 Å². The topological polar surface area (TPSA) is 43.7 Å². The van der Waals surface area contributed by atoms with Crippen molar-refractivity contribution in [3.63, 3.8) is 0 Å². The number of rotatable bonds is 4. The maximum absolute atomic E-state index is 11.7. The van der Waals surface area contributed by atoms with Crippen molar-refractivity contribution in [2.45, 2.75) is 44.1 Å². The summed E-state index contributed by atoms with van der Waals surface area (Å²) in [4.78, 5) is 14.1. The van der Waals surface area contributed by atoms with Crippen LogP contribution in [0.25, 0.3) is 0 Å². The molecule has 21 heavy (non-hydrogen) atoms. The predicted molar refractivity (Wildman–Crippen MR) is 80.2 cm³/mol. The molecule has 0 radical (unpaired) electrons. The zero-order chi connectivity index (χ0) is 14.7. The van der Waals surface area contributed by atoms with Gasteiger partial charge in [-0.25, -0.2) is 0 Å². The lowest BCUT2D eigenvalue weighted by atomic mass is 9.89. The molecule has 0 unspecified atom stereocenters. The molecule has 0 aromatic carbocycles. The molecule has 0 atom stereocenters. The first-order valence-electron chi connectivity index (χ1n) is 7.82. The third-order valence-electron chi connectivity index (χ3n) is 4.75. The second-order valence-corrected chi connectivity index (χ2v) is 6.05. The van der Waals surface area contributed by atoms with Crippen molar-refractivity contribution in [3.05, 3.63) is 34.7 Å². The number of nitrogens with zero attached hydrogens (tertiary/aromatic N) is 2. The molecule has 0 N–H and O–H groups in total. The fourth-order valence-electron chi connectivity index (χ4n) is 3.36. The highest BCUT2D eigenvalue weighted by atomic mass is 16.7. The number of aromatic nitrogens is 1. The number of likely N-dealkylation sites (N-methyl/N-ethyl adjacent to an activating group) is 1. The van der Waals surface area contributed by atoms with E-state index in [1.807, 2.05) is 12.3 Å². The molecule has 2 fully saturated rings. The van der Waals surface area contributed by atoms with E-state index in [4.69, 9.17) is 9.47 Å². The van der Waals surface area contributed by atoms with Gasteiger partial charge in [-0.3, -0.25) is 4.79 Å². The summed E-state index contributed by atoms with van der Waals surface area (Å²) in [5, 5.41) is 0. The monoisotopic (exact) mass is 292 g/mol. The Morgan fingerprint density at radius 3 is 2.67 bits per heavy atom. The van der Waals surface area contributed by atoms with Crippen LogP contribution in [0.2, 0.25) is 0 Å². The summed E-state index contributed by atoms with van der Waals surface area (Å²) in [7, 11) is 2.15. The fraction of sp³-hybridized carbons (Fsp3) is 0.688. The first kappa shape index (κ1) is 14.8. The van der Waals surface area contributed by atoms with E-state index in [1.165, 1.54) is 0 Å². The van der Waals surface area contributed by atoms with E-state index in [0.29, 0.717) is 6.04 Å². The summed E-state index contributed by atoms with van der Waals surface area (Å²) in [6.07, 6.45) is 6.01. The lowest BCUT2D eigenvalue weighted by Crippen LogP contribution is -2.43. The fourth-order valence-corrected chi connectivity index (χ4v) is 3.36. The number of pyridine rings is 1. The molecule has 0 bridgehead atoms. The number of hydrogen-bond acceptors (Lipinski definition) is 4. The summed E-state index contributed by atoms with van der Waals surface area (Å²) >= 11 is 0. The van der Waals surface area contributed by atoms with Crippen LogP contribution in [0.4, 0.5) is 0 Å². The molecule has 3 rings (SSSR count). The van der Waals surface area contributed by atoms with Crippen molar-refractivity contribution in [1.29, 1.82) is 0 Å². The van der Waals surface area contributed by atoms with Gasteiger partial charge >= 0.3 is 0 Å². The third-order valence-corrected chi connectivity index (χ3v) is 4.75. The molecule has 1 spiro atoms. The zero-order valence-corrected chi connectivity index (χ0v) is 12.7. The predicted octanol–water partition coefficient (Wildman–Crippen LogP) is 1.47. The smallest absolute Gasteiger partial charge is 0.250 e. The highest BCUT2D eigenvalue weighted by Crippen LogP contribution is 2.36. The minimum atomic E-state index is -0.284. The van der Waals surface area contributed by atoms with E-state index in [0.717, 1.165) is 52.0 Å². The molecule has 1 saturated carbocycles. The molecule has 1 saturated heterocycles. The van der Waals surface area contributed by atoms with Gasteiger partial charge in [-0.05, 0) is 26.0 Å². The van der Waals surface area contributed by atoms with Crippen molar-refractivity contribution in [2.24, 2.45) is 0 Å². The van der Waals surface area contributed by atoms with Crippen LogP contribution in [0.1, 0.15) is 25.7 Å². The van der Waals surface area contributed by atoms with Crippen molar-refractivity contribution < 1.29 is 9.47 Å². The number of ether oxygens (including phenoxy) is 2. The highest BCUT2D eigenvalue weighted by Gasteiger charge is 2.40. The van der Waals surface area contributed by atoms with Crippen LogP contribution in [0.15, 0.2) is 29.2 Å². The Bertz CT molecular complexity index is 512. The van der Waals surface area contributed by atoms with Crippen LogP contribution in [0.3, 0.4) is 0 Å². The van der Waals surface area contributed by atoms with Gasteiger partial charge in [0, 0.05) is 44.2 Å². The molecule has 0 amide bonds. The van der Waals surface area contributed by atoms with E-state index in [2.05, 4.69) is 11.9 Å². The van der Waals surface area contributed by atoms with Gasteiger partial charge in [-0.1, -0.05) is 6.07 Å². The Balaban J connectivity index is 1.49. The van der Waals surface area contributed by atoms with Crippen molar-refractivity contribution in [3.8, 4) is 0 Å². The molecule has 5 heteroatoms. The average molecular weight is 292 g/mol. The van der Waals surface area contributed by atoms with Crippen molar-refractivity contribution >= 4 is 0 Å². The van der Waals surface area contributed by atoms with Gasteiger partial charge in [-0.2, -0.15) is 0 Å². The third kappa shape index (κ3) is 3.36. The summed E-state index contributed by atoms with van der Waals surface area (Å²) in [6.45, 7) is 3.10. The molecule has 1 aromatic heterocycles. The average Bonchev–Trinajstić information content (AvgIpc) is 2.95. The number of hydrogen-bond donors (Lipinski definition) is 0. The van der Waals surface area contributed by atoms with Gasteiger partial charge in [-0.15, -0.1) is 0 Å². The normalized spacial score (nSPS) is 22.2. The van der Waals surface area contributed by atoms with E-state index in [-0.39, 0.29) is 11.3 Å². The van der Waals surface area contributed by atoms with Crippen LogP contribution in [0.5, 0.6) is 0 Å². The SMILES string of the molecule is CN(CCn1ccccc1=O)C1CCC2(CC1)OCCO2. The van der Waals surface area contributed by atoms with Crippen LogP contribution in [-0.4, -0.2) is 48.1 Å². The van der Waals surface area contributed by atoms with E-state index >= 15 is 0 Å². The molecule has 2 heterocycles. The lowest BCUT2D eigenvalue weighted by molar-refractivity contribution is -0.183. The Morgan fingerprint density at radius 2 is 2.00 bits per heavy atom. The lowest BCUT2D eigenvalue weighted by Gasteiger charge is -2.39. The molecule has 1 aliphatic carbocycles.